The van der Waals surface area contributed by atoms with Crippen LogP contribution in [0, 0.1) is 13.7 Å². The largest absolute Gasteiger partial charge is 0.368 e. The molecular formula is C22H25IN4O3. The van der Waals surface area contributed by atoms with Gasteiger partial charge in [0.15, 0.2) is 0 Å². The second kappa shape index (κ2) is 9.20. The molecule has 1 amide bonds. The Balaban J connectivity index is 1.48. The molecule has 0 aliphatic carbocycles. The molecule has 2 heterocycles. The van der Waals surface area contributed by atoms with Crippen LogP contribution in [0.4, 0.5) is 17.1 Å². The fourth-order valence-electron chi connectivity index (χ4n) is 4.22. The molecule has 7 nitrogen and oxygen atoms in total. The maximum atomic E-state index is 12.8. The van der Waals surface area contributed by atoms with Gasteiger partial charge in [-0.2, -0.15) is 0 Å². The van der Waals surface area contributed by atoms with Crippen LogP contribution in [0.3, 0.4) is 0 Å². The Bertz CT molecular complexity index is 938. The van der Waals surface area contributed by atoms with Crippen molar-refractivity contribution in [2.45, 2.75) is 19.3 Å². The van der Waals surface area contributed by atoms with Crippen LogP contribution in [-0.4, -0.2) is 55.0 Å². The van der Waals surface area contributed by atoms with Crippen LogP contribution in [0.2, 0.25) is 0 Å². The fourth-order valence-corrected chi connectivity index (χ4v) is 4.77. The van der Waals surface area contributed by atoms with Gasteiger partial charge in [-0.15, -0.1) is 0 Å². The number of halogens is 1. The van der Waals surface area contributed by atoms with E-state index in [4.69, 9.17) is 0 Å². The number of piperidine rings is 1. The van der Waals surface area contributed by atoms with Crippen LogP contribution in [0.5, 0.6) is 0 Å². The number of anilines is 2. The van der Waals surface area contributed by atoms with Gasteiger partial charge in [0.25, 0.3) is 11.6 Å². The molecule has 2 fully saturated rings. The minimum atomic E-state index is -0.286. The Labute approximate surface area is 189 Å². The number of carbonyl (C=O) groups is 1. The Morgan fingerprint density at radius 2 is 1.63 bits per heavy atom. The maximum Gasteiger partial charge on any atom is 0.292 e. The molecule has 0 spiro atoms. The van der Waals surface area contributed by atoms with Gasteiger partial charge < -0.3 is 14.7 Å². The van der Waals surface area contributed by atoms with E-state index < -0.39 is 0 Å². The molecule has 158 valence electrons. The lowest BCUT2D eigenvalue weighted by Gasteiger charge is -2.37. The highest BCUT2D eigenvalue weighted by atomic mass is 127. The molecule has 2 aliphatic heterocycles. The van der Waals surface area contributed by atoms with E-state index in [1.165, 1.54) is 6.42 Å². The van der Waals surface area contributed by atoms with Gasteiger partial charge in [-0.3, -0.25) is 14.9 Å². The smallest absolute Gasteiger partial charge is 0.292 e. The first-order valence-corrected chi connectivity index (χ1v) is 11.4. The Hall–Kier alpha value is -2.36. The monoisotopic (exact) mass is 520 g/mol. The quantitative estimate of drug-likeness (QED) is 0.344. The predicted molar refractivity (Wildman–Crippen MR) is 126 cm³/mol. The molecule has 4 rings (SSSR count). The van der Waals surface area contributed by atoms with Crippen LogP contribution in [0.25, 0.3) is 0 Å². The van der Waals surface area contributed by atoms with Gasteiger partial charge in [0.05, 0.1) is 4.92 Å². The fraction of sp³-hybridized carbons (Fsp3) is 0.409. The Morgan fingerprint density at radius 3 is 2.30 bits per heavy atom. The first-order chi connectivity index (χ1) is 14.5. The number of nitrogens with zero attached hydrogens (tertiary/aromatic N) is 4. The average Bonchev–Trinajstić information content (AvgIpc) is 2.79. The van der Waals surface area contributed by atoms with E-state index in [0.29, 0.717) is 26.2 Å². The van der Waals surface area contributed by atoms with Gasteiger partial charge in [0.2, 0.25) is 0 Å². The number of nitro benzene ring substituents is 1. The third-order valence-electron chi connectivity index (χ3n) is 5.86. The normalized spacial score (nSPS) is 17.2. The van der Waals surface area contributed by atoms with Gasteiger partial charge in [-0.25, -0.2) is 0 Å². The molecule has 0 aromatic heterocycles. The molecular weight excluding hydrogens is 495 g/mol. The summed E-state index contributed by atoms with van der Waals surface area (Å²) in [5, 5.41) is 11.5. The zero-order chi connectivity index (χ0) is 21.1. The summed E-state index contributed by atoms with van der Waals surface area (Å²) in [6, 6.07) is 13.1. The number of piperazine rings is 1. The van der Waals surface area contributed by atoms with E-state index in [9.17, 15) is 14.9 Å². The van der Waals surface area contributed by atoms with Gasteiger partial charge in [0.1, 0.15) is 5.69 Å². The second-order valence-electron chi connectivity index (χ2n) is 7.77. The Morgan fingerprint density at radius 1 is 0.900 bits per heavy atom. The number of carbonyl (C=O) groups excluding carboxylic acids is 1. The van der Waals surface area contributed by atoms with Gasteiger partial charge in [-0.05, 0) is 72.2 Å². The van der Waals surface area contributed by atoms with Crippen LogP contribution in [0.1, 0.15) is 29.6 Å². The van der Waals surface area contributed by atoms with E-state index in [1.54, 1.807) is 6.07 Å². The summed E-state index contributed by atoms with van der Waals surface area (Å²) in [6.07, 6.45) is 3.32. The number of rotatable bonds is 4. The van der Waals surface area contributed by atoms with Crippen molar-refractivity contribution in [1.82, 2.24) is 4.90 Å². The van der Waals surface area contributed by atoms with E-state index in [1.807, 2.05) is 41.3 Å². The molecule has 0 radical (unpaired) electrons. The van der Waals surface area contributed by atoms with Crippen molar-refractivity contribution < 1.29 is 9.72 Å². The predicted octanol–water partition coefficient (Wildman–Crippen LogP) is 4.15. The van der Waals surface area contributed by atoms with Gasteiger partial charge >= 0.3 is 0 Å². The molecule has 0 bridgehead atoms. The van der Waals surface area contributed by atoms with Crippen molar-refractivity contribution in [3.63, 3.8) is 0 Å². The molecule has 2 aromatic rings. The highest BCUT2D eigenvalue weighted by Crippen LogP contribution is 2.34. The SMILES string of the molecule is O=C(c1cccc(I)c1)N1CCN(c2ccc([N+](=O)[O-])c(N3CCCCC3)c2)CC1. The summed E-state index contributed by atoms with van der Waals surface area (Å²) in [4.78, 5) is 30.3. The minimum Gasteiger partial charge on any atom is -0.368 e. The van der Waals surface area contributed by atoms with Crippen LogP contribution >= 0.6 is 22.6 Å². The van der Waals surface area contributed by atoms with E-state index in [-0.39, 0.29) is 16.5 Å². The van der Waals surface area contributed by atoms with Crippen molar-refractivity contribution in [3.05, 3.63) is 61.7 Å². The standard InChI is InChI=1S/C22H25IN4O3/c23-18-6-4-5-17(15-18)22(28)26-13-11-24(12-14-26)19-7-8-20(27(29)30)21(16-19)25-9-2-1-3-10-25/h4-8,15-16H,1-3,9-14H2. The third kappa shape index (κ3) is 4.53. The van der Waals surface area contributed by atoms with Gasteiger partial charge in [0, 0.05) is 60.2 Å². The summed E-state index contributed by atoms with van der Waals surface area (Å²) in [7, 11) is 0. The van der Waals surface area contributed by atoms with E-state index in [2.05, 4.69) is 32.4 Å². The van der Waals surface area contributed by atoms with Crippen molar-refractivity contribution in [2.24, 2.45) is 0 Å². The molecule has 2 aliphatic rings. The second-order valence-corrected chi connectivity index (χ2v) is 9.01. The number of hydrogen-bond acceptors (Lipinski definition) is 5. The lowest BCUT2D eigenvalue weighted by molar-refractivity contribution is -0.384. The summed E-state index contributed by atoms with van der Waals surface area (Å²) in [5.41, 5.74) is 2.60. The molecule has 2 aromatic carbocycles. The first-order valence-electron chi connectivity index (χ1n) is 10.4. The maximum absolute atomic E-state index is 12.8. The molecule has 30 heavy (non-hydrogen) atoms. The van der Waals surface area contributed by atoms with Crippen LogP contribution in [-0.2, 0) is 0 Å². The van der Waals surface area contributed by atoms with Gasteiger partial charge in [-0.1, -0.05) is 6.07 Å². The van der Waals surface area contributed by atoms with Crippen molar-refractivity contribution in [3.8, 4) is 0 Å². The molecule has 0 saturated carbocycles. The van der Waals surface area contributed by atoms with Crippen molar-refractivity contribution in [1.29, 1.82) is 0 Å². The third-order valence-corrected chi connectivity index (χ3v) is 6.53. The number of nitro groups is 1. The summed E-state index contributed by atoms with van der Waals surface area (Å²) in [5.74, 6) is 0.0610. The van der Waals surface area contributed by atoms with E-state index >= 15 is 0 Å². The highest BCUT2D eigenvalue weighted by molar-refractivity contribution is 14.1. The zero-order valence-corrected chi connectivity index (χ0v) is 19.0. The number of benzene rings is 2. The number of amides is 1. The first kappa shape index (κ1) is 20.9. The van der Waals surface area contributed by atoms with Crippen LogP contribution < -0.4 is 9.80 Å². The topological polar surface area (TPSA) is 69.9 Å². The summed E-state index contributed by atoms with van der Waals surface area (Å²) < 4.78 is 1.05. The lowest BCUT2D eigenvalue weighted by atomic mass is 10.1. The van der Waals surface area contributed by atoms with Crippen molar-refractivity contribution in [2.75, 3.05) is 49.1 Å². The molecule has 2 saturated heterocycles. The molecule has 0 atom stereocenters. The zero-order valence-electron chi connectivity index (χ0n) is 16.8. The summed E-state index contributed by atoms with van der Waals surface area (Å²) in [6.45, 7) is 4.44. The summed E-state index contributed by atoms with van der Waals surface area (Å²) >= 11 is 2.22. The Kier molecular flexibility index (Phi) is 6.40. The lowest BCUT2D eigenvalue weighted by Crippen LogP contribution is -2.48. The molecule has 0 unspecified atom stereocenters. The van der Waals surface area contributed by atoms with Crippen molar-refractivity contribution >= 4 is 45.6 Å². The highest BCUT2D eigenvalue weighted by Gasteiger charge is 2.26. The average molecular weight is 520 g/mol. The molecule has 8 heteroatoms. The van der Waals surface area contributed by atoms with Crippen LogP contribution in [0.15, 0.2) is 42.5 Å². The number of hydrogen-bond donors (Lipinski definition) is 0. The minimum absolute atomic E-state index is 0.0610. The molecule has 0 N–H and O–H groups in total. The van der Waals surface area contributed by atoms with E-state index in [0.717, 1.165) is 46.4 Å².